The van der Waals surface area contributed by atoms with Gasteiger partial charge in [-0.1, -0.05) is 64.0 Å². The Morgan fingerprint density at radius 1 is 0.958 bits per heavy atom. The summed E-state index contributed by atoms with van der Waals surface area (Å²) < 4.78 is 0. The minimum atomic E-state index is -1.88. The molecule has 1 rings (SSSR count). The van der Waals surface area contributed by atoms with E-state index in [2.05, 4.69) is 19.1 Å². The Morgan fingerprint density at radius 2 is 1.71 bits per heavy atom. The molecule has 2 atom stereocenters. The van der Waals surface area contributed by atoms with Crippen molar-refractivity contribution in [1.29, 1.82) is 0 Å². The molecule has 0 heterocycles. The van der Waals surface area contributed by atoms with Gasteiger partial charge in [0.1, 0.15) is 0 Å². The summed E-state index contributed by atoms with van der Waals surface area (Å²) in [5.74, 6) is -0.212. The SMILES string of the molecule is CCCCCCC=C[C@H]1CCC[C@@H]1CCCCCCC(O)(O)CO. The molecule has 1 aliphatic carbocycles. The second-order valence-corrected chi connectivity index (χ2v) is 7.73. The van der Waals surface area contributed by atoms with Crippen molar-refractivity contribution in [1.82, 2.24) is 0 Å². The van der Waals surface area contributed by atoms with Crippen LogP contribution in [0.15, 0.2) is 12.2 Å². The molecule has 3 heteroatoms. The van der Waals surface area contributed by atoms with Gasteiger partial charge in [-0.3, -0.25) is 0 Å². The maximum Gasteiger partial charge on any atom is 0.186 e. The fourth-order valence-corrected chi connectivity index (χ4v) is 3.88. The Kier molecular flexibility index (Phi) is 11.7. The van der Waals surface area contributed by atoms with Gasteiger partial charge in [-0.25, -0.2) is 0 Å². The van der Waals surface area contributed by atoms with Crippen LogP contribution >= 0.6 is 0 Å². The van der Waals surface area contributed by atoms with Gasteiger partial charge in [0.15, 0.2) is 5.79 Å². The maximum absolute atomic E-state index is 9.34. The molecule has 24 heavy (non-hydrogen) atoms. The average Bonchev–Trinajstić information content (AvgIpc) is 3.01. The lowest BCUT2D eigenvalue weighted by molar-refractivity contribution is -0.191. The zero-order valence-electron chi connectivity index (χ0n) is 15.8. The molecule has 0 amide bonds. The van der Waals surface area contributed by atoms with E-state index in [1.807, 2.05) is 0 Å². The summed E-state index contributed by atoms with van der Waals surface area (Å²) in [6, 6.07) is 0. The number of allylic oxidation sites excluding steroid dienone is 2. The predicted molar refractivity (Wildman–Crippen MR) is 101 cm³/mol. The van der Waals surface area contributed by atoms with Crippen LogP contribution in [-0.2, 0) is 0 Å². The number of rotatable bonds is 14. The highest BCUT2D eigenvalue weighted by Gasteiger charge is 2.24. The van der Waals surface area contributed by atoms with Gasteiger partial charge in [0.05, 0.1) is 6.61 Å². The Balaban J connectivity index is 2.08. The number of unbranched alkanes of at least 4 members (excludes halogenated alkanes) is 7. The molecule has 142 valence electrons. The van der Waals surface area contributed by atoms with Crippen LogP contribution in [0.4, 0.5) is 0 Å². The first kappa shape index (κ1) is 21.7. The molecule has 0 bridgehead atoms. The van der Waals surface area contributed by atoms with Crippen molar-refractivity contribution in [3.63, 3.8) is 0 Å². The van der Waals surface area contributed by atoms with E-state index < -0.39 is 12.4 Å². The molecule has 0 radical (unpaired) electrons. The number of aliphatic hydroxyl groups is 3. The van der Waals surface area contributed by atoms with E-state index in [0.717, 1.165) is 31.1 Å². The minimum Gasteiger partial charge on any atom is -0.391 e. The van der Waals surface area contributed by atoms with Crippen molar-refractivity contribution in [3.8, 4) is 0 Å². The number of aliphatic hydroxyl groups excluding tert-OH is 1. The molecule has 3 nitrogen and oxygen atoms in total. The smallest absolute Gasteiger partial charge is 0.186 e. The molecule has 1 aliphatic rings. The average molecular weight is 341 g/mol. The van der Waals surface area contributed by atoms with Crippen LogP contribution in [0.3, 0.4) is 0 Å². The Labute approximate surface area is 149 Å². The summed E-state index contributed by atoms with van der Waals surface area (Å²) in [5.41, 5.74) is 0. The fourth-order valence-electron chi connectivity index (χ4n) is 3.88. The van der Waals surface area contributed by atoms with Gasteiger partial charge in [0.2, 0.25) is 0 Å². The molecule has 1 fully saturated rings. The molecule has 0 aliphatic heterocycles. The fraction of sp³-hybridized carbons (Fsp3) is 0.905. The molecule has 0 unspecified atom stereocenters. The highest BCUT2D eigenvalue weighted by molar-refractivity contribution is 4.94. The van der Waals surface area contributed by atoms with E-state index in [4.69, 9.17) is 5.11 Å². The monoisotopic (exact) mass is 340 g/mol. The molecule has 3 N–H and O–H groups in total. The molecule has 0 aromatic heterocycles. The molecule has 0 spiro atoms. The molecule has 0 aromatic carbocycles. The Bertz CT molecular complexity index is 325. The van der Waals surface area contributed by atoms with E-state index in [0.29, 0.717) is 0 Å². The van der Waals surface area contributed by atoms with Gasteiger partial charge in [0, 0.05) is 6.42 Å². The van der Waals surface area contributed by atoms with Crippen LogP contribution < -0.4 is 0 Å². The van der Waals surface area contributed by atoms with Gasteiger partial charge < -0.3 is 15.3 Å². The van der Waals surface area contributed by atoms with E-state index >= 15 is 0 Å². The zero-order valence-corrected chi connectivity index (χ0v) is 15.8. The summed E-state index contributed by atoms with van der Waals surface area (Å²) in [6.45, 7) is 1.69. The summed E-state index contributed by atoms with van der Waals surface area (Å²) >= 11 is 0. The molecule has 0 aromatic rings. The first-order chi connectivity index (χ1) is 11.6. The number of hydrogen-bond acceptors (Lipinski definition) is 3. The van der Waals surface area contributed by atoms with Crippen molar-refractivity contribution < 1.29 is 15.3 Å². The summed E-state index contributed by atoms with van der Waals surface area (Å²) in [7, 11) is 0. The van der Waals surface area contributed by atoms with Crippen molar-refractivity contribution in [3.05, 3.63) is 12.2 Å². The van der Waals surface area contributed by atoms with Crippen molar-refractivity contribution in [2.24, 2.45) is 11.8 Å². The van der Waals surface area contributed by atoms with Crippen LogP contribution in [0, 0.1) is 11.8 Å². The number of hydrogen-bond donors (Lipinski definition) is 3. The Hall–Kier alpha value is -0.380. The standard InChI is InChI=1S/C21H40O3/c1-2-3-4-5-6-9-13-19-15-12-16-20(19)14-10-7-8-11-17-21(23,24)18-22/h9,13,19-20,22-24H,2-8,10-12,14-18H2,1H3/t19-,20-/m0/s1. The Morgan fingerprint density at radius 3 is 2.46 bits per heavy atom. The lowest BCUT2D eigenvalue weighted by Gasteiger charge is -2.18. The van der Waals surface area contributed by atoms with Gasteiger partial charge in [-0.15, -0.1) is 0 Å². The second-order valence-electron chi connectivity index (χ2n) is 7.73. The largest absolute Gasteiger partial charge is 0.391 e. The van der Waals surface area contributed by atoms with Gasteiger partial charge >= 0.3 is 0 Å². The van der Waals surface area contributed by atoms with Gasteiger partial charge in [-0.05, 0) is 50.4 Å². The topological polar surface area (TPSA) is 60.7 Å². The van der Waals surface area contributed by atoms with E-state index in [1.165, 1.54) is 64.2 Å². The maximum atomic E-state index is 9.34. The van der Waals surface area contributed by atoms with Crippen LogP contribution in [0.25, 0.3) is 0 Å². The van der Waals surface area contributed by atoms with E-state index in [9.17, 15) is 10.2 Å². The predicted octanol–water partition coefficient (Wildman–Crippen LogP) is 4.94. The van der Waals surface area contributed by atoms with Crippen LogP contribution in [0.5, 0.6) is 0 Å². The van der Waals surface area contributed by atoms with Gasteiger partial charge in [0.25, 0.3) is 0 Å². The van der Waals surface area contributed by atoms with Crippen LogP contribution in [0.2, 0.25) is 0 Å². The highest BCUT2D eigenvalue weighted by Crippen LogP contribution is 2.36. The lowest BCUT2D eigenvalue weighted by atomic mass is 9.90. The summed E-state index contributed by atoms with van der Waals surface area (Å²) in [5, 5.41) is 27.5. The third kappa shape index (κ3) is 9.80. The van der Waals surface area contributed by atoms with E-state index in [1.54, 1.807) is 0 Å². The third-order valence-corrected chi connectivity index (χ3v) is 5.48. The van der Waals surface area contributed by atoms with Crippen LogP contribution in [-0.4, -0.2) is 27.7 Å². The third-order valence-electron chi connectivity index (χ3n) is 5.48. The van der Waals surface area contributed by atoms with Crippen molar-refractivity contribution in [2.75, 3.05) is 6.61 Å². The zero-order chi connectivity index (χ0) is 17.7. The summed E-state index contributed by atoms with van der Waals surface area (Å²) in [6.07, 6.45) is 21.5. The second kappa shape index (κ2) is 12.9. The quantitative estimate of drug-likeness (QED) is 0.238. The first-order valence-corrected chi connectivity index (χ1v) is 10.3. The van der Waals surface area contributed by atoms with Gasteiger partial charge in [-0.2, -0.15) is 0 Å². The van der Waals surface area contributed by atoms with Crippen LogP contribution in [0.1, 0.15) is 96.8 Å². The molecule has 0 saturated heterocycles. The normalized spacial score (nSPS) is 21.8. The molecule has 1 saturated carbocycles. The first-order valence-electron chi connectivity index (χ1n) is 10.3. The summed E-state index contributed by atoms with van der Waals surface area (Å²) in [4.78, 5) is 0. The minimum absolute atomic E-state index is 0.274. The molecular weight excluding hydrogens is 300 g/mol. The van der Waals surface area contributed by atoms with Crippen molar-refractivity contribution >= 4 is 0 Å². The lowest BCUT2D eigenvalue weighted by Crippen LogP contribution is -2.32. The van der Waals surface area contributed by atoms with Crippen molar-refractivity contribution in [2.45, 2.75) is 103 Å². The highest BCUT2D eigenvalue weighted by atomic mass is 16.5. The molecular formula is C21H40O3. The van der Waals surface area contributed by atoms with E-state index in [-0.39, 0.29) is 6.42 Å².